The van der Waals surface area contributed by atoms with Gasteiger partial charge in [-0.05, 0) is 6.07 Å². The van der Waals surface area contributed by atoms with Crippen molar-refractivity contribution in [2.75, 3.05) is 7.05 Å². The van der Waals surface area contributed by atoms with Crippen LogP contribution in [0.3, 0.4) is 0 Å². The molecule has 0 saturated carbocycles. The number of hydrogen-bond donors (Lipinski definition) is 2. The first-order valence-electron chi connectivity index (χ1n) is 4.99. The van der Waals surface area contributed by atoms with Gasteiger partial charge in [0.2, 0.25) is 5.88 Å². The molecule has 0 bridgehead atoms. The van der Waals surface area contributed by atoms with Crippen molar-refractivity contribution >= 4 is 11.8 Å². The number of imidazole rings is 1. The van der Waals surface area contributed by atoms with Gasteiger partial charge in [0.15, 0.2) is 11.8 Å². The van der Waals surface area contributed by atoms with Crippen molar-refractivity contribution in [1.29, 1.82) is 0 Å². The summed E-state index contributed by atoms with van der Waals surface area (Å²) in [6, 6.07) is 3.71. The van der Waals surface area contributed by atoms with Gasteiger partial charge in [0.25, 0.3) is 0 Å². The average Bonchev–Trinajstić information content (AvgIpc) is 2.96. The van der Waals surface area contributed by atoms with Crippen LogP contribution in [0, 0.1) is 0 Å². The lowest BCUT2D eigenvalue weighted by Gasteiger charge is -2.14. The van der Waals surface area contributed by atoms with E-state index in [1.54, 1.807) is 12.6 Å². The van der Waals surface area contributed by atoms with Gasteiger partial charge in [0, 0.05) is 13.1 Å². The molecule has 82 valence electrons. The van der Waals surface area contributed by atoms with E-state index in [0.717, 1.165) is 23.4 Å². The average molecular weight is 217 g/mol. The lowest BCUT2D eigenvalue weighted by atomic mass is 10.4. The fourth-order valence-corrected chi connectivity index (χ4v) is 1.65. The molecule has 0 fully saturated rings. The highest BCUT2D eigenvalue weighted by molar-refractivity contribution is 5.83. The van der Waals surface area contributed by atoms with Crippen molar-refractivity contribution in [3.63, 3.8) is 0 Å². The zero-order valence-electron chi connectivity index (χ0n) is 8.77. The third kappa shape index (κ3) is 1.27. The standard InChI is InChI=1S/C10H11N5O/c1-11-10-12-5-7-9(14-10)15(6-13-7)8-3-2-4-16-8/h2-4,6H,5H2,1H3,(H2,11,12,14). The molecule has 2 aromatic rings. The van der Waals surface area contributed by atoms with Gasteiger partial charge >= 0.3 is 0 Å². The maximum Gasteiger partial charge on any atom is 0.206 e. The van der Waals surface area contributed by atoms with Crippen LogP contribution in [0.4, 0.5) is 5.82 Å². The minimum absolute atomic E-state index is 0.669. The summed E-state index contributed by atoms with van der Waals surface area (Å²) in [6.45, 7) is 0.669. The smallest absolute Gasteiger partial charge is 0.206 e. The van der Waals surface area contributed by atoms with E-state index in [2.05, 4.69) is 20.6 Å². The molecule has 0 aromatic carbocycles. The van der Waals surface area contributed by atoms with Crippen molar-refractivity contribution in [3.8, 4) is 5.88 Å². The predicted octanol–water partition coefficient (Wildman–Crippen LogP) is 0.775. The predicted molar refractivity (Wildman–Crippen MR) is 58.8 cm³/mol. The minimum Gasteiger partial charge on any atom is -0.448 e. The number of aromatic nitrogens is 2. The van der Waals surface area contributed by atoms with E-state index in [1.165, 1.54) is 0 Å². The summed E-state index contributed by atoms with van der Waals surface area (Å²) in [5, 5.41) is 6.09. The second-order valence-electron chi connectivity index (χ2n) is 3.40. The monoisotopic (exact) mass is 217 g/mol. The van der Waals surface area contributed by atoms with Crippen LogP contribution in [-0.2, 0) is 6.54 Å². The molecule has 0 amide bonds. The summed E-state index contributed by atoms with van der Waals surface area (Å²) in [7, 11) is 1.82. The second kappa shape index (κ2) is 3.41. The Hall–Kier alpha value is -2.24. The number of furan rings is 1. The van der Waals surface area contributed by atoms with E-state index < -0.39 is 0 Å². The third-order valence-electron chi connectivity index (χ3n) is 2.44. The van der Waals surface area contributed by atoms with Gasteiger partial charge in [-0.3, -0.25) is 4.57 Å². The van der Waals surface area contributed by atoms with Crippen molar-refractivity contribution in [2.24, 2.45) is 4.99 Å². The van der Waals surface area contributed by atoms with E-state index in [0.29, 0.717) is 6.54 Å². The number of nitrogens with one attached hydrogen (secondary N) is 2. The van der Waals surface area contributed by atoms with Crippen LogP contribution in [0.1, 0.15) is 5.69 Å². The molecule has 1 aliphatic heterocycles. The van der Waals surface area contributed by atoms with Crippen molar-refractivity contribution < 1.29 is 4.42 Å². The Morgan fingerprint density at radius 3 is 3.25 bits per heavy atom. The zero-order chi connectivity index (χ0) is 11.0. The quantitative estimate of drug-likeness (QED) is 0.740. The van der Waals surface area contributed by atoms with Crippen molar-refractivity contribution in [1.82, 2.24) is 20.2 Å². The van der Waals surface area contributed by atoms with Crippen molar-refractivity contribution in [2.45, 2.75) is 6.54 Å². The Bertz CT molecular complexity index is 525. The molecular formula is C10H11N5O. The molecule has 16 heavy (non-hydrogen) atoms. The summed E-state index contributed by atoms with van der Waals surface area (Å²) in [6.07, 6.45) is 3.35. The summed E-state index contributed by atoms with van der Waals surface area (Å²) in [5.41, 5.74) is 0.912. The normalized spacial score (nSPS) is 13.9. The number of aliphatic imine (C=N–C) groups is 1. The summed E-state index contributed by atoms with van der Waals surface area (Å²) >= 11 is 0. The molecule has 1 aliphatic rings. The topological polar surface area (TPSA) is 67.4 Å². The van der Waals surface area contributed by atoms with E-state index in [9.17, 15) is 0 Å². The van der Waals surface area contributed by atoms with Crippen LogP contribution in [-0.4, -0.2) is 22.6 Å². The molecule has 0 unspecified atom stereocenters. The van der Waals surface area contributed by atoms with Crippen LogP contribution >= 0.6 is 0 Å². The Labute approximate surface area is 92.0 Å². The molecule has 3 heterocycles. The largest absolute Gasteiger partial charge is 0.448 e. The fourth-order valence-electron chi connectivity index (χ4n) is 1.65. The van der Waals surface area contributed by atoms with Gasteiger partial charge < -0.3 is 15.1 Å². The fraction of sp³-hybridized carbons (Fsp3) is 0.200. The summed E-state index contributed by atoms with van der Waals surface area (Å²) in [5.74, 6) is 2.26. The third-order valence-corrected chi connectivity index (χ3v) is 2.44. The summed E-state index contributed by atoms with van der Waals surface area (Å²) < 4.78 is 7.15. The van der Waals surface area contributed by atoms with E-state index >= 15 is 0 Å². The van der Waals surface area contributed by atoms with Gasteiger partial charge in [0.05, 0.1) is 12.8 Å². The van der Waals surface area contributed by atoms with Crippen LogP contribution in [0.25, 0.3) is 5.88 Å². The van der Waals surface area contributed by atoms with Crippen LogP contribution in [0.2, 0.25) is 0 Å². The molecule has 6 nitrogen and oxygen atoms in total. The maximum absolute atomic E-state index is 5.33. The van der Waals surface area contributed by atoms with E-state index in [-0.39, 0.29) is 0 Å². The minimum atomic E-state index is 0.669. The zero-order valence-corrected chi connectivity index (χ0v) is 8.77. The molecular weight excluding hydrogens is 206 g/mol. The number of nitrogens with zero attached hydrogens (tertiary/aromatic N) is 3. The van der Waals surface area contributed by atoms with E-state index in [4.69, 9.17) is 4.42 Å². The Kier molecular flexibility index (Phi) is 1.92. The van der Waals surface area contributed by atoms with Crippen molar-refractivity contribution in [3.05, 3.63) is 30.4 Å². The molecule has 0 saturated heterocycles. The lowest BCUT2D eigenvalue weighted by Crippen LogP contribution is -2.36. The highest BCUT2D eigenvalue weighted by Gasteiger charge is 2.17. The molecule has 2 aromatic heterocycles. The Balaban J connectivity index is 2.11. The van der Waals surface area contributed by atoms with Crippen LogP contribution in [0.15, 0.2) is 34.1 Å². The molecule has 0 aliphatic carbocycles. The van der Waals surface area contributed by atoms with Gasteiger partial charge in [-0.15, -0.1) is 0 Å². The molecule has 0 atom stereocenters. The molecule has 3 rings (SSSR count). The van der Waals surface area contributed by atoms with Gasteiger partial charge in [0.1, 0.15) is 12.0 Å². The van der Waals surface area contributed by atoms with Gasteiger partial charge in [-0.25, -0.2) is 4.98 Å². The number of hydrogen-bond acceptors (Lipinski definition) is 5. The number of fused-ring (bicyclic) bond motifs is 1. The van der Waals surface area contributed by atoms with Gasteiger partial charge in [-0.1, -0.05) is 0 Å². The van der Waals surface area contributed by atoms with Gasteiger partial charge in [-0.2, -0.15) is 4.99 Å². The first kappa shape index (κ1) is 9.02. The number of guanidine groups is 1. The molecule has 0 spiro atoms. The molecule has 6 heteroatoms. The maximum atomic E-state index is 5.33. The highest BCUT2D eigenvalue weighted by atomic mass is 16.3. The second-order valence-corrected chi connectivity index (χ2v) is 3.40. The van der Waals surface area contributed by atoms with E-state index in [1.807, 2.05) is 23.7 Å². The molecule has 2 N–H and O–H groups in total. The summed E-state index contributed by atoms with van der Waals surface area (Å²) in [4.78, 5) is 8.70. The van der Waals surface area contributed by atoms with Crippen LogP contribution < -0.4 is 10.6 Å². The lowest BCUT2D eigenvalue weighted by molar-refractivity contribution is 0.539. The van der Waals surface area contributed by atoms with Crippen LogP contribution in [0.5, 0.6) is 0 Å². The SMILES string of the molecule is CNC1=Nc2c(ncn2-c2ccco2)CN1. The number of rotatable bonds is 1. The Morgan fingerprint density at radius 1 is 1.56 bits per heavy atom. The Morgan fingerprint density at radius 2 is 2.50 bits per heavy atom. The highest BCUT2D eigenvalue weighted by Crippen LogP contribution is 2.24. The first-order valence-corrected chi connectivity index (χ1v) is 4.99. The molecule has 0 radical (unpaired) electrons. The first-order chi connectivity index (χ1) is 7.88.